The molecule has 0 saturated carbocycles. The zero-order valence-corrected chi connectivity index (χ0v) is 10.1. The number of aromatic carboxylic acids is 1. The molecule has 1 aromatic carbocycles. The summed E-state index contributed by atoms with van der Waals surface area (Å²) in [6, 6.07) is 3.44. The Kier molecular flexibility index (Phi) is 3.74. The zero-order valence-electron chi connectivity index (χ0n) is 10.1. The molecule has 1 aromatic rings. The van der Waals surface area contributed by atoms with Crippen LogP contribution in [-0.2, 0) is 9.59 Å². The van der Waals surface area contributed by atoms with E-state index in [1.807, 2.05) is 0 Å². The predicted molar refractivity (Wildman–Crippen MR) is 66.8 cm³/mol. The van der Waals surface area contributed by atoms with E-state index in [9.17, 15) is 18.8 Å². The van der Waals surface area contributed by atoms with Gasteiger partial charge in [-0.15, -0.1) is 0 Å². The highest BCUT2D eigenvalue weighted by Gasteiger charge is 2.22. The molecule has 1 heterocycles. The van der Waals surface area contributed by atoms with Crippen molar-refractivity contribution in [2.24, 2.45) is 5.10 Å². The summed E-state index contributed by atoms with van der Waals surface area (Å²) >= 11 is 0. The Morgan fingerprint density at radius 2 is 2.10 bits per heavy atom. The second kappa shape index (κ2) is 5.47. The van der Waals surface area contributed by atoms with Crippen LogP contribution in [0.5, 0.6) is 0 Å². The van der Waals surface area contributed by atoms with Crippen LogP contribution >= 0.6 is 0 Å². The van der Waals surface area contributed by atoms with E-state index in [2.05, 4.69) is 15.8 Å². The highest BCUT2D eigenvalue weighted by atomic mass is 19.1. The molecule has 1 aliphatic heterocycles. The lowest BCUT2D eigenvalue weighted by atomic mass is 10.1. The van der Waals surface area contributed by atoms with Crippen LogP contribution < -0.4 is 10.7 Å². The van der Waals surface area contributed by atoms with Crippen molar-refractivity contribution in [1.29, 1.82) is 0 Å². The highest BCUT2D eigenvalue weighted by molar-refractivity contribution is 6.43. The van der Waals surface area contributed by atoms with E-state index in [-0.39, 0.29) is 30.0 Å². The molecule has 0 bridgehead atoms. The molecule has 20 heavy (non-hydrogen) atoms. The number of hydrogen-bond acceptors (Lipinski definition) is 4. The van der Waals surface area contributed by atoms with Gasteiger partial charge in [-0.3, -0.25) is 9.59 Å². The number of nitrogens with zero attached hydrogens (tertiary/aromatic N) is 1. The normalized spacial score (nSPS) is 14.2. The molecular weight excluding hydrogens is 269 g/mol. The van der Waals surface area contributed by atoms with Crippen molar-refractivity contribution in [2.45, 2.75) is 12.8 Å². The van der Waals surface area contributed by atoms with E-state index < -0.39 is 23.4 Å². The van der Waals surface area contributed by atoms with E-state index in [0.717, 1.165) is 6.07 Å². The van der Waals surface area contributed by atoms with Crippen LogP contribution in [0.4, 0.5) is 10.1 Å². The van der Waals surface area contributed by atoms with Crippen molar-refractivity contribution in [2.75, 3.05) is 5.32 Å². The Labute approximate surface area is 112 Å². The number of nitrogens with one attached hydrogen (secondary N) is 2. The molecule has 3 N–H and O–H groups in total. The molecule has 0 unspecified atom stereocenters. The number of amides is 2. The van der Waals surface area contributed by atoms with Crippen LogP contribution in [-0.4, -0.2) is 28.6 Å². The van der Waals surface area contributed by atoms with Gasteiger partial charge in [-0.2, -0.15) is 5.10 Å². The SMILES string of the molecule is O=C1CCC(C(=O)Nc2c(F)cccc2C(=O)O)=NN1. The van der Waals surface area contributed by atoms with E-state index >= 15 is 0 Å². The number of carbonyl (C=O) groups is 3. The van der Waals surface area contributed by atoms with Gasteiger partial charge < -0.3 is 10.4 Å². The summed E-state index contributed by atoms with van der Waals surface area (Å²) in [4.78, 5) is 33.7. The van der Waals surface area contributed by atoms with Gasteiger partial charge in [-0.25, -0.2) is 14.6 Å². The van der Waals surface area contributed by atoms with Crippen molar-refractivity contribution in [1.82, 2.24) is 5.43 Å². The molecule has 0 atom stereocenters. The number of hydrogen-bond donors (Lipinski definition) is 3. The summed E-state index contributed by atoms with van der Waals surface area (Å²) in [7, 11) is 0. The van der Waals surface area contributed by atoms with Gasteiger partial charge in [0.2, 0.25) is 5.91 Å². The minimum absolute atomic E-state index is 0.00388. The number of para-hydroxylation sites is 1. The summed E-state index contributed by atoms with van der Waals surface area (Å²) in [6.07, 6.45) is 0.198. The van der Waals surface area contributed by atoms with Crippen LogP contribution in [0, 0.1) is 5.82 Å². The number of carbonyl (C=O) groups excluding carboxylic acids is 2. The third kappa shape index (κ3) is 2.79. The predicted octanol–water partition coefficient (Wildman–Crippen LogP) is 0.728. The number of rotatable bonds is 3. The molecule has 0 fully saturated rings. The number of hydrazone groups is 1. The average molecular weight is 279 g/mol. The number of anilines is 1. The Balaban J connectivity index is 2.24. The maximum absolute atomic E-state index is 13.6. The molecule has 0 aliphatic carbocycles. The molecule has 0 spiro atoms. The zero-order chi connectivity index (χ0) is 14.7. The summed E-state index contributed by atoms with van der Waals surface area (Å²) in [5.74, 6) is -3.30. The van der Waals surface area contributed by atoms with Crippen LogP contribution in [0.2, 0.25) is 0 Å². The van der Waals surface area contributed by atoms with Crippen LogP contribution in [0.3, 0.4) is 0 Å². The lowest BCUT2D eigenvalue weighted by Gasteiger charge is -2.13. The van der Waals surface area contributed by atoms with Crippen LogP contribution in [0.1, 0.15) is 23.2 Å². The Bertz CT molecular complexity index is 627. The van der Waals surface area contributed by atoms with E-state index in [1.54, 1.807) is 0 Å². The minimum Gasteiger partial charge on any atom is -0.478 e. The molecule has 0 saturated heterocycles. The van der Waals surface area contributed by atoms with Gasteiger partial charge in [0.25, 0.3) is 5.91 Å². The number of carboxylic acid groups (broad SMARTS) is 1. The molecule has 2 rings (SSSR count). The monoisotopic (exact) mass is 279 g/mol. The highest BCUT2D eigenvalue weighted by Crippen LogP contribution is 2.20. The maximum Gasteiger partial charge on any atom is 0.337 e. The molecule has 1 aliphatic rings. The average Bonchev–Trinajstić information content (AvgIpc) is 2.41. The fourth-order valence-electron chi connectivity index (χ4n) is 1.65. The summed E-state index contributed by atoms with van der Waals surface area (Å²) < 4.78 is 13.6. The first-order chi connectivity index (χ1) is 9.49. The van der Waals surface area contributed by atoms with Gasteiger partial charge in [0.15, 0.2) is 0 Å². The second-order valence-corrected chi connectivity index (χ2v) is 4.02. The van der Waals surface area contributed by atoms with Gasteiger partial charge >= 0.3 is 5.97 Å². The van der Waals surface area contributed by atoms with Crippen molar-refractivity contribution in [3.8, 4) is 0 Å². The van der Waals surface area contributed by atoms with Crippen molar-refractivity contribution >= 4 is 29.2 Å². The van der Waals surface area contributed by atoms with Crippen molar-refractivity contribution < 1.29 is 23.9 Å². The van der Waals surface area contributed by atoms with Crippen LogP contribution in [0.15, 0.2) is 23.3 Å². The first kappa shape index (κ1) is 13.7. The molecule has 8 heteroatoms. The Morgan fingerprint density at radius 3 is 2.70 bits per heavy atom. The van der Waals surface area contributed by atoms with Gasteiger partial charge in [0, 0.05) is 12.8 Å². The van der Waals surface area contributed by atoms with Gasteiger partial charge in [-0.05, 0) is 12.1 Å². The molecule has 7 nitrogen and oxygen atoms in total. The Hall–Kier alpha value is -2.77. The minimum atomic E-state index is -1.36. The lowest BCUT2D eigenvalue weighted by molar-refractivity contribution is -0.121. The largest absolute Gasteiger partial charge is 0.478 e. The maximum atomic E-state index is 13.6. The van der Waals surface area contributed by atoms with E-state index in [4.69, 9.17) is 5.11 Å². The molecule has 104 valence electrons. The quantitative estimate of drug-likeness (QED) is 0.757. The molecular formula is C12H10FN3O4. The third-order valence-corrected chi connectivity index (χ3v) is 2.65. The Morgan fingerprint density at radius 1 is 1.35 bits per heavy atom. The third-order valence-electron chi connectivity index (χ3n) is 2.65. The second-order valence-electron chi connectivity index (χ2n) is 4.02. The first-order valence-electron chi connectivity index (χ1n) is 5.67. The molecule has 0 radical (unpaired) electrons. The van der Waals surface area contributed by atoms with Gasteiger partial charge in [0.05, 0.1) is 11.3 Å². The van der Waals surface area contributed by atoms with Crippen LogP contribution in [0.25, 0.3) is 0 Å². The van der Waals surface area contributed by atoms with Gasteiger partial charge in [0.1, 0.15) is 11.5 Å². The first-order valence-corrected chi connectivity index (χ1v) is 5.67. The number of halogens is 1. The smallest absolute Gasteiger partial charge is 0.337 e. The van der Waals surface area contributed by atoms with Gasteiger partial charge in [-0.1, -0.05) is 6.07 Å². The molecule has 2 amide bonds. The lowest BCUT2D eigenvalue weighted by Crippen LogP contribution is -2.33. The van der Waals surface area contributed by atoms with Crippen molar-refractivity contribution in [3.05, 3.63) is 29.6 Å². The molecule has 0 aromatic heterocycles. The summed E-state index contributed by atoms with van der Waals surface area (Å²) in [6.45, 7) is 0. The standard InChI is InChI=1S/C12H10FN3O4/c13-7-3-1-2-6(12(19)20)10(7)14-11(18)8-4-5-9(17)16-15-8/h1-3H,4-5H2,(H,14,18)(H,16,17)(H,19,20). The summed E-state index contributed by atoms with van der Waals surface area (Å²) in [5.41, 5.74) is 1.34. The van der Waals surface area contributed by atoms with Crippen molar-refractivity contribution in [3.63, 3.8) is 0 Å². The fourth-order valence-corrected chi connectivity index (χ4v) is 1.65. The topological polar surface area (TPSA) is 108 Å². The fraction of sp³-hybridized carbons (Fsp3) is 0.167. The number of carboxylic acids is 1. The van der Waals surface area contributed by atoms with E-state index in [1.165, 1.54) is 12.1 Å². The summed E-state index contributed by atoms with van der Waals surface area (Å²) in [5, 5.41) is 14.7. The number of benzene rings is 1. The van der Waals surface area contributed by atoms with E-state index in [0.29, 0.717) is 0 Å².